The molecule has 2 aromatic carbocycles. The predicted molar refractivity (Wildman–Crippen MR) is 124 cm³/mol. The highest BCUT2D eigenvalue weighted by Crippen LogP contribution is 2.27. The number of amides is 2. The highest BCUT2D eigenvalue weighted by molar-refractivity contribution is 9.10. The Labute approximate surface area is 191 Å². The molecule has 2 unspecified atom stereocenters. The molecule has 0 aliphatic carbocycles. The third kappa shape index (κ3) is 7.33. The van der Waals surface area contributed by atoms with Crippen molar-refractivity contribution in [2.24, 2.45) is 0 Å². The smallest absolute Gasteiger partial charge is 0.261 e. The number of carbonyl (C=O) groups is 2. The first-order chi connectivity index (χ1) is 14.3. The van der Waals surface area contributed by atoms with Crippen molar-refractivity contribution >= 4 is 39.3 Å². The highest BCUT2D eigenvalue weighted by Gasteiger charge is 2.26. The van der Waals surface area contributed by atoms with Crippen LogP contribution in [-0.2, 0) is 16.0 Å². The van der Waals surface area contributed by atoms with Gasteiger partial charge in [0.05, 0.1) is 5.02 Å². The summed E-state index contributed by atoms with van der Waals surface area (Å²) >= 11 is 9.52. The van der Waals surface area contributed by atoms with Crippen molar-refractivity contribution in [1.29, 1.82) is 0 Å². The maximum atomic E-state index is 13.0. The lowest BCUT2D eigenvalue weighted by molar-refractivity contribution is -0.141. The lowest BCUT2D eigenvalue weighted by Gasteiger charge is -2.29. The molecule has 0 saturated heterocycles. The summed E-state index contributed by atoms with van der Waals surface area (Å²) in [4.78, 5) is 27.2. The number of halogens is 2. The summed E-state index contributed by atoms with van der Waals surface area (Å²) in [6, 6.07) is 14.5. The van der Waals surface area contributed by atoms with Crippen LogP contribution < -0.4 is 10.1 Å². The second kappa shape index (κ2) is 12.0. The van der Waals surface area contributed by atoms with E-state index in [4.69, 9.17) is 16.3 Å². The first kappa shape index (κ1) is 24.2. The van der Waals surface area contributed by atoms with E-state index < -0.39 is 6.04 Å². The van der Waals surface area contributed by atoms with Crippen molar-refractivity contribution in [2.75, 3.05) is 13.2 Å². The third-order valence-electron chi connectivity index (χ3n) is 4.90. The van der Waals surface area contributed by atoms with Crippen LogP contribution in [0.2, 0.25) is 5.02 Å². The number of ether oxygens (including phenoxy) is 1. The van der Waals surface area contributed by atoms with Gasteiger partial charge in [-0.1, -0.05) is 64.8 Å². The minimum atomic E-state index is -0.612. The number of hydrogen-bond donors (Lipinski definition) is 1. The Hall–Kier alpha value is -2.05. The van der Waals surface area contributed by atoms with Crippen molar-refractivity contribution in [2.45, 2.75) is 45.7 Å². The summed E-state index contributed by atoms with van der Waals surface area (Å²) in [5.41, 5.74) is 1.10. The fourth-order valence-electron chi connectivity index (χ4n) is 2.85. The standard InChI is InChI=1S/C23H28BrClN2O3/c1-4-16(2)26-23(29)17(3)27(13-12-18-8-6-5-7-9-18)22(28)15-30-21-11-10-19(24)14-20(21)25/h5-11,14,16-17H,4,12-13,15H2,1-3H3,(H,26,29). The van der Waals surface area contributed by atoms with Crippen LogP contribution in [0.3, 0.4) is 0 Å². The van der Waals surface area contributed by atoms with Gasteiger partial charge in [-0.15, -0.1) is 0 Å². The van der Waals surface area contributed by atoms with Crippen LogP contribution in [0.4, 0.5) is 0 Å². The second-order valence-electron chi connectivity index (χ2n) is 7.18. The molecule has 0 bridgehead atoms. The Morgan fingerprint density at radius 1 is 1.17 bits per heavy atom. The minimum Gasteiger partial charge on any atom is -0.482 e. The molecular weight excluding hydrogens is 468 g/mol. The maximum Gasteiger partial charge on any atom is 0.261 e. The molecule has 0 radical (unpaired) electrons. The van der Waals surface area contributed by atoms with Crippen LogP contribution in [0.25, 0.3) is 0 Å². The van der Waals surface area contributed by atoms with Crippen molar-refractivity contribution in [3.05, 3.63) is 63.6 Å². The molecule has 0 fully saturated rings. The zero-order valence-electron chi connectivity index (χ0n) is 17.5. The van der Waals surface area contributed by atoms with Crippen LogP contribution in [-0.4, -0.2) is 41.9 Å². The minimum absolute atomic E-state index is 0.0452. The molecule has 7 heteroatoms. The molecule has 5 nitrogen and oxygen atoms in total. The fraction of sp³-hybridized carbons (Fsp3) is 0.391. The normalized spacial score (nSPS) is 12.7. The van der Waals surface area contributed by atoms with Crippen LogP contribution in [0, 0.1) is 0 Å². The van der Waals surface area contributed by atoms with Gasteiger partial charge in [-0.25, -0.2) is 0 Å². The van der Waals surface area contributed by atoms with Gasteiger partial charge in [-0.2, -0.15) is 0 Å². The maximum absolute atomic E-state index is 13.0. The lowest BCUT2D eigenvalue weighted by Crippen LogP contribution is -2.51. The second-order valence-corrected chi connectivity index (χ2v) is 8.50. The van der Waals surface area contributed by atoms with E-state index in [2.05, 4.69) is 21.2 Å². The summed E-state index contributed by atoms with van der Waals surface area (Å²) in [5, 5.41) is 3.36. The summed E-state index contributed by atoms with van der Waals surface area (Å²) < 4.78 is 6.47. The zero-order chi connectivity index (χ0) is 22.1. The van der Waals surface area contributed by atoms with E-state index in [0.29, 0.717) is 23.7 Å². The number of hydrogen-bond acceptors (Lipinski definition) is 3. The predicted octanol–water partition coefficient (Wildman–Crippen LogP) is 4.86. The molecule has 2 amide bonds. The quantitative estimate of drug-likeness (QED) is 0.512. The van der Waals surface area contributed by atoms with Gasteiger partial charge < -0.3 is 15.0 Å². The monoisotopic (exact) mass is 494 g/mol. The van der Waals surface area contributed by atoms with E-state index in [1.54, 1.807) is 30.0 Å². The van der Waals surface area contributed by atoms with Crippen molar-refractivity contribution in [3.63, 3.8) is 0 Å². The van der Waals surface area contributed by atoms with Gasteiger partial charge in [-0.3, -0.25) is 9.59 Å². The molecule has 2 rings (SSSR count). The summed E-state index contributed by atoms with van der Waals surface area (Å²) in [7, 11) is 0. The molecule has 0 saturated carbocycles. The summed E-state index contributed by atoms with van der Waals surface area (Å²) in [5.74, 6) is -0.0166. The van der Waals surface area contributed by atoms with Crippen LogP contribution >= 0.6 is 27.5 Å². The van der Waals surface area contributed by atoms with E-state index in [1.807, 2.05) is 44.2 Å². The van der Waals surface area contributed by atoms with Gasteiger partial charge in [0.2, 0.25) is 5.91 Å². The Kier molecular flexibility index (Phi) is 9.66. The largest absolute Gasteiger partial charge is 0.482 e. The van der Waals surface area contributed by atoms with Gasteiger partial charge >= 0.3 is 0 Å². The van der Waals surface area contributed by atoms with Gasteiger partial charge in [-0.05, 0) is 50.5 Å². The van der Waals surface area contributed by atoms with Crippen molar-refractivity contribution in [1.82, 2.24) is 10.2 Å². The Morgan fingerprint density at radius 3 is 2.50 bits per heavy atom. The topological polar surface area (TPSA) is 58.6 Å². The molecule has 30 heavy (non-hydrogen) atoms. The average molecular weight is 496 g/mol. The van der Waals surface area contributed by atoms with E-state index >= 15 is 0 Å². The number of nitrogens with zero attached hydrogens (tertiary/aromatic N) is 1. The van der Waals surface area contributed by atoms with E-state index in [1.165, 1.54) is 0 Å². The van der Waals surface area contributed by atoms with E-state index in [0.717, 1.165) is 16.5 Å². The van der Waals surface area contributed by atoms with E-state index in [9.17, 15) is 9.59 Å². The zero-order valence-corrected chi connectivity index (χ0v) is 19.9. The van der Waals surface area contributed by atoms with Crippen LogP contribution in [0.15, 0.2) is 53.0 Å². The first-order valence-corrected chi connectivity index (χ1v) is 11.2. The SMILES string of the molecule is CCC(C)NC(=O)C(C)N(CCc1ccccc1)C(=O)COc1ccc(Br)cc1Cl. The molecule has 162 valence electrons. The number of carbonyl (C=O) groups excluding carboxylic acids is 2. The molecule has 0 spiro atoms. The van der Waals surface area contributed by atoms with E-state index in [-0.39, 0.29) is 24.5 Å². The molecule has 0 aliphatic rings. The number of rotatable bonds is 10. The van der Waals surface area contributed by atoms with Crippen molar-refractivity contribution in [3.8, 4) is 5.75 Å². The Balaban J connectivity index is 2.09. The van der Waals surface area contributed by atoms with Crippen LogP contribution in [0.1, 0.15) is 32.8 Å². The highest BCUT2D eigenvalue weighted by atomic mass is 79.9. The molecule has 0 heterocycles. The Morgan fingerprint density at radius 2 is 1.87 bits per heavy atom. The van der Waals surface area contributed by atoms with Gasteiger partial charge in [0.1, 0.15) is 11.8 Å². The first-order valence-electron chi connectivity index (χ1n) is 10.0. The van der Waals surface area contributed by atoms with Crippen LogP contribution in [0.5, 0.6) is 5.75 Å². The molecule has 1 N–H and O–H groups in total. The van der Waals surface area contributed by atoms with Gasteiger partial charge in [0.15, 0.2) is 6.61 Å². The molecule has 2 aromatic rings. The third-order valence-corrected chi connectivity index (χ3v) is 5.69. The van der Waals surface area contributed by atoms with Gasteiger partial charge in [0, 0.05) is 17.1 Å². The summed E-state index contributed by atoms with van der Waals surface area (Å²) in [6.07, 6.45) is 1.47. The summed E-state index contributed by atoms with van der Waals surface area (Å²) in [6.45, 7) is 5.91. The van der Waals surface area contributed by atoms with Crippen molar-refractivity contribution < 1.29 is 14.3 Å². The average Bonchev–Trinajstić information content (AvgIpc) is 2.73. The number of nitrogens with one attached hydrogen (secondary N) is 1. The lowest BCUT2D eigenvalue weighted by atomic mass is 10.1. The molecule has 0 aromatic heterocycles. The molecule has 0 aliphatic heterocycles. The fourth-order valence-corrected chi connectivity index (χ4v) is 3.58. The molecular formula is C23H28BrClN2O3. The number of benzene rings is 2. The molecule has 2 atom stereocenters. The van der Waals surface area contributed by atoms with Gasteiger partial charge in [0.25, 0.3) is 5.91 Å². The Bertz CT molecular complexity index is 848.